The monoisotopic (exact) mass is 423 g/mol. The molecular weight excluding hydrogens is 402 g/mol. The zero-order valence-corrected chi connectivity index (χ0v) is 17.3. The summed E-state index contributed by atoms with van der Waals surface area (Å²) in [7, 11) is 0. The van der Waals surface area contributed by atoms with Gasteiger partial charge in [-0.25, -0.2) is 0 Å². The van der Waals surface area contributed by atoms with Crippen molar-refractivity contribution in [3.63, 3.8) is 0 Å². The maximum Gasteiger partial charge on any atom is 0.233 e. The fourth-order valence-corrected chi connectivity index (χ4v) is 4.25. The topological polar surface area (TPSA) is 91.2 Å². The second kappa shape index (κ2) is 7.98. The normalized spacial score (nSPS) is 15.8. The smallest absolute Gasteiger partial charge is 0.233 e. The van der Waals surface area contributed by atoms with E-state index in [0.29, 0.717) is 18.3 Å². The number of thioether (sulfide) groups is 1. The Morgan fingerprint density at radius 3 is 2.93 bits per heavy atom. The van der Waals surface area contributed by atoms with Gasteiger partial charge in [0.25, 0.3) is 0 Å². The number of hydrogen-bond acceptors (Lipinski definition) is 7. The molecule has 1 amide bonds. The highest BCUT2D eigenvalue weighted by Gasteiger charge is 2.31. The van der Waals surface area contributed by atoms with Crippen LogP contribution >= 0.6 is 11.8 Å². The average Bonchev–Trinajstić information content (AvgIpc) is 3.35. The van der Waals surface area contributed by atoms with Gasteiger partial charge in [-0.15, -0.1) is 10.2 Å². The molecule has 1 aliphatic carbocycles. The minimum absolute atomic E-state index is 0.0501. The van der Waals surface area contributed by atoms with Gasteiger partial charge in [-0.3, -0.25) is 14.3 Å². The van der Waals surface area contributed by atoms with Gasteiger partial charge < -0.3 is 14.8 Å². The van der Waals surface area contributed by atoms with E-state index in [1.807, 2.05) is 37.3 Å². The van der Waals surface area contributed by atoms with Crippen LogP contribution in [0.4, 0.5) is 0 Å². The lowest BCUT2D eigenvalue weighted by molar-refractivity contribution is -0.120. The number of aromatic nitrogens is 4. The Bertz CT molecular complexity index is 1070. The number of nitrogens with zero attached hydrogens (tertiary/aromatic N) is 4. The summed E-state index contributed by atoms with van der Waals surface area (Å²) in [6.07, 6.45) is 5.73. The SMILES string of the molecule is C[C@@H](Sc1nnc(-c2cccnc2)n1C1CC1)C(=O)NCc1ccc2c(c1)OCO2. The number of fused-ring (bicyclic) bond motifs is 1. The second-order valence-electron chi connectivity index (χ2n) is 7.31. The van der Waals surface area contributed by atoms with Crippen molar-refractivity contribution < 1.29 is 14.3 Å². The standard InChI is InChI=1S/C21H21N5O3S/c1-13(20(27)23-10-14-4-7-17-18(9-14)29-12-28-17)30-21-25-24-19(26(21)16-5-6-16)15-3-2-8-22-11-15/h2-4,7-9,11,13,16H,5-6,10,12H2,1H3,(H,23,27)/t13-/m1/s1. The third-order valence-electron chi connectivity index (χ3n) is 5.05. The summed E-state index contributed by atoms with van der Waals surface area (Å²) in [5.74, 6) is 2.20. The van der Waals surface area contributed by atoms with Gasteiger partial charge in [0, 0.05) is 30.5 Å². The number of benzene rings is 1. The molecular formula is C21H21N5O3S. The van der Waals surface area contributed by atoms with Crippen molar-refractivity contribution in [2.45, 2.75) is 42.8 Å². The molecule has 3 aromatic rings. The van der Waals surface area contributed by atoms with Gasteiger partial charge in [0.15, 0.2) is 22.5 Å². The average molecular weight is 423 g/mol. The van der Waals surface area contributed by atoms with Crippen molar-refractivity contribution in [2.24, 2.45) is 0 Å². The molecule has 1 aliphatic heterocycles. The zero-order valence-electron chi connectivity index (χ0n) is 16.4. The van der Waals surface area contributed by atoms with Crippen LogP contribution in [0.25, 0.3) is 11.4 Å². The molecule has 1 saturated carbocycles. The first-order valence-electron chi connectivity index (χ1n) is 9.87. The van der Waals surface area contributed by atoms with E-state index in [1.54, 1.807) is 12.4 Å². The maximum absolute atomic E-state index is 12.7. The highest BCUT2D eigenvalue weighted by atomic mass is 32.2. The first-order chi connectivity index (χ1) is 14.7. The predicted molar refractivity (Wildman–Crippen MR) is 111 cm³/mol. The molecule has 0 spiro atoms. The van der Waals surface area contributed by atoms with Crippen molar-refractivity contribution >= 4 is 17.7 Å². The van der Waals surface area contributed by atoms with Crippen LogP contribution in [-0.4, -0.2) is 37.7 Å². The molecule has 2 aromatic heterocycles. The van der Waals surface area contributed by atoms with Crippen molar-refractivity contribution in [2.75, 3.05) is 6.79 Å². The Balaban J connectivity index is 1.25. The summed E-state index contributed by atoms with van der Waals surface area (Å²) >= 11 is 1.43. The van der Waals surface area contributed by atoms with E-state index in [9.17, 15) is 4.79 Å². The molecule has 1 fully saturated rings. The Labute approximate surface area is 178 Å². The third kappa shape index (κ3) is 3.85. The lowest BCUT2D eigenvalue weighted by Crippen LogP contribution is -2.30. The highest BCUT2D eigenvalue weighted by molar-refractivity contribution is 8.00. The van der Waals surface area contributed by atoms with Gasteiger partial charge in [-0.2, -0.15) is 0 Å². The van der Waals surface area contributed by atoms with E-state index in [0.717, 1.165) is 40.7 Å². The fourth-order valence-electron chi connectivity index (χ4n) is 3.31. The third-order valence-corrected chi connectivity index (χ3v) is 6.11. The van der Waals surface area contributed by atoms with E-state index in [4.69, 9.17) is 9.47 Å². The largest absolute Gasteiger partial charge is 0.454 e. The van der Waals surface area contributed by atoms with Crippen molar-refractivity contribution in [3.05, 3.63) is 48.3 Å². The van der Waals surface area contributed by atoms with Crippen LogP contribution in [0.1, 0.15) is 31.4 Å². The molecule has 1 N–H and O–H groups in total. The highest BCUT2D eigenvalue weighted by Crippen LogP contribution is 2.41. The first kappa shape index (κ1) is 18.9. The molecule has 1 atom stereocenters. The van der Waals surface area contributed by atoms with Crippen molar-refractivity contribution in [1.82, 2.24) is 25.1 Å². The minimum atomic E-state index is -0.303. The number of carbonyl (C=O) groups is 1. The molecule has 8 nitrogen and oxygen atoms in total. The Kier molecular flexibility index (Phi) is 5.04. The summed E-state index contributed by atoms with van der Waals surface area (Å²) in [6.45, 7) is 2.55. The molecule has 9 heteroatoms. The summed E-state index contributed by atoms with van der Waals surface area (Å²) < 4.78 is 12.9. The van der Waals surface area contributed by atoms with E-state index in [-0.39, 0.29) is 18.0 Å². The van der Waals surface area contributed by atoms with E-state index in [2.05, 4.69) is 25.1 Å². The Morgan fingerprint density at radius 2 is 2.13 bits per heavy atom. The summed E-state index contributed by atoms with van der Waals surface area (Å²) in [5.41, 5.74) is 1.90. The van der Waals surface area contributed by atoms with Crippen LogP contribution in [0.5, 0.6) is 11.5 Å². The van der Waals surface area contributed by atoms with Gasteiger partial charge in [0.05, 0.1) is 5.25 Å². The Hall–Kier alpha value is -3.07. The van der Waals surface area contributed by atoms with Crippen molar-refractivity contribution in [3.8, 4) is 22.9 Å². The quantitative estimate of drug-likeness (QED) is 0.584. The van der Waals surface area contributed by atoms with Crippen LogP contribution in [0.15, 0.2) is 47.9 Å². The molecule has 0 saturated heterocycles. The number of ether oxygens (including phenoxy) is 2. The number of amides is 1. The second-order valence-corrected chi connectivity index (χ2v) is 8.62. The van der Waals surface area contributed by atoms with Crippen LogP contribution in [-0.2, 0) is 11.3 Å². The van der Waals surface area contributed by atoms with Gasteiger partial charge in [0.2, 0.25) is 12.7 Å². The van der Waals surface area contributed by atoms with Crippen LogP contribution < -0.4 is 14.8 Å². The van der Waals surface area contributed by atoms with Gasteiger partial charge >= 0.3 is 0 Å². The minimum Gasteiger partial charge on any atom is -0.454 e. The van der Waals surface area contributed by atoms with Crippen LogP contribution in [0.3, 0.4) is 0 Å². The number of nitrogens with one attached hydrogen (secondary N) is 1. The number of hydrogen-bond donors (Lipinski definition) is 1. The van der Waals surface area contributed by atoms with E-state index >= 15 is 0 Å². The summed E-state index contributed by atoms with van der Waals surface area (Å²) in [4.78, 5) is 16.9. The van der Waals surface area contributed by atoms with E-state index < -0.39 is 0 Å². The van der Waals surface area contributed by atoms with Crippen molar-refractivity contribution in [1.29, 1.82) is 0 Å². The zero-order chi connectivity index (χ0) is 20.5. The molecule has 0 radical (unpaired) electrons. The number of carbonyl (C=O) groups excluding carboxylic acids is 1. The van der Waals surface area contributed by atoms with Gasteiger partial charge in [-0.05, 0) is 49.6 Å². The molecule has 154 valence electrons. The van der Waals surface area contributed by atoms with Crippen LogP contribution in [0, 0.1) is 0 Å². The fraction of sp³-hybridized carbons (Fsp3) is 0.333. The lowest BCUT2D eigenvalue weighted by Gasteiger charge is -2.13. The van der Waals surface area contributed by atoms with Crippen LogP contribution in [0.2, 0.25) is 0 Å². The number of rotatable bonds is 7. The van der Waals surface area contributed by atoms with E-state index in [1.165, 1.54) is 11.8 Å². The van der Waals surface area contributed by atoms with Gasteiger partial charge in [0.1, 0.15) is 0 Å². The molecule has 30 heavy (non-hydrogen) atoms. The molecule has 2 aliphatic rings. The number of pyridine rings is 1. The Morgan fingerprint density at radius 1 is 1.27 bits per heavy atom. The molecule has 0 bridgehead atoms. The molecule has 1 aromatic carbocycles. The lowest BCUT2D eigenvalue weighted by atomic mass is 10.2. The molecule has 0 unspecified atom stereocenters. The predicted octanol–water partition coefficient (Wildman–Crippen LogP) is 3.20. The molecule has 3 heterocycles. The summed E-state index contributed by atoms with van der Waals surface area (Å²) in [6, 6.07) is 9.94. The maximum atomic E-state index is 12.7. The first-order valence-corrected chi connectivity index (χ1v) is 10.7. The molecule has 5 rings (SSSR count). The summed E-state index contributed by atoms with van der Waals surface area (Å²) in [5, 5.41) is 12.2. The van der Waals surface area contributed by atoms with Gasteiger partial charge in [-0.1, -0.05) is 17.8 Å².